The maximum atomic E-state index is 14.0. The van der Waals surface area contributed by atoms with E-state index in [0.717, 1.165) is 6.20 Å². The summed E-state index contributed by atoms with van der Waals surface area (Å²) >= 11 is 5.86. The molecule has 3 rings (SSSR count). The molecular weight excluding hydrogens is 305 g/mol. The summed E-state index contributed by atoms with van der Waals surface area (Å²) in [6.07, 6.45) is -1.25. The number of nitrogens with zero attached hydrogens (tertiary/aromatic N) is 3. The molecule has 7 nitrogen and oxygen atoms in total. The Labute approximate surface area is 123 Å². The molecule has 0 bridgehead atoms. The van der Waals surface area contributed by atoms with Gasteiger partial charge in [0.2, 0.25) is 0 Å². The number of aromatic nitrogens is 3. The molecule has 4 atom stereocenters. The van der Waals surface area contributed by atoms with Crippen LogP contribution in [0.25, 0.3) is 11.0 Å². The maximum absolute atomic E-state index is 14.0. The smallest absolute Gasteiger partial charge is 0.167 e. The van der Waals surface area contributed by atoms with Crippen molar-refractivity contribution in [1.29, 1.82) is 0 Å². The van der Waals surface area contributed by atoms with E-state index < -0.39 is 36.5 Å². The highest BCUT2D eigenvalue weighted by molar-refractivity contribution is 6.33. The summed E-state index contributed by atoms with van der Waals surface area (Å²) in [6, 6.07) is 0. The average molecular weight is 318 g/mol. The van der Waals surface area contributed by atoms with Gasteiger partial charge in [0.1, 0.15) is 28.8 Å². The number of pyridine rings is 1. The van der Waals surface area contributed by atoms with E-state index in [1.165, 1.54) is 17.8 Å². The number of fused-ring (bicyclic) bond motifs is 1. The lowest BCUT2D eigenvalue weighted by Crippen LogP contribution is -2.44. The topological polar surface area (TPSA) is 101 Å². The van der Waals surface area contributed by atoms with Crippen molar-refractivity contribution in [2.24, 2.45) is 0 Å². The Morgan fingerprint density at radius 1 is 1.52 bits per heavy atom. The zero-order valence-corrected chi connectivity index (χ0v) is 11.7. The van der Waals surface area contributed by atoms with Crippen LogP contribution in [0.5, 0.6) is 0 Å². The third kappa shape index (κ3) is 2.02. The van der Waals surface area contributed by atoms with Crippen LogP contribution in [0, 0.1) is 5.82 Å². The van der Waals surface area contributed by atoms with Crippen molar-refractivity contribution in [1.82, 2.24) is 14.5 Å². The molecule has 1 aliphatic heterocycles. The van der Waals surface area contributed by atoms with Gasteiger partial charge in [-0.15, -0.1) is 0 Å². The zero-order valence-electron chi connectivity index (χ0n) is 10.9. The summed E-state index contributed by atoms with van der Waals surface area (Å²) < 4.78 is 20.7. The third-order valence-corrected chi connectivity index (χ3v) is 3.97. The highest BCUT2D eigenvalue weighted by atomic mass is 35.5. The Hall–Kier alpha value is -1.32. The van der Waals surface area contributed by atoms with E-state index >= 15 is 0 Å². The normalized spacial score (nSPS) is 33.0. The fourth-order valence-electron chi connectivity index (χ4n) is 2.55. The molecule has 0 aromatic carbocycles. The molecule has 21 heavy (non-hydrogen) atoms. The Bertz CT molecular complexity index is 692. The second kappa shape index (κ2) is 4.85. The standard InChI is InChI=1S/C12H13ClFN3O4/c1-12(20)9(19)6(3-18)21-11(12)17-4-16-7-8(17)5(14)2-15-10(7)13/h2,4,6,9,11,18-20H,3H2,1H3/t6-,9-,11-,12-/m1/s1. The molecular formula is C12H13ClFN3O4. The van der Waals surface area contributed by atoms with E-state index in [9.17, 15) is 14.6 Å². The monoisotopic (exact) mass is 317 g/mol. The number of rotatable bonds is 2. The first kappa shape index (κ1) is 14.6. The summed E-state index contributed by atoms with van der Waals surface area (Å²) in [5.41, 5.74) is -1.60. The number of ether oxygens (including phenoxy) is 1. The van der Waals surface area contributed by atoms with Crippen LogP contribution in [-0.4, -0.2) is 54.3 Å². The van der Waals surface area contributed by atoms with E-state index in [-0.39, 0.29) is 16.2 Å². The fraction of sp³-hybridized carbons (Fsp3) is 0.500. The molecule has 2 aromatic heterocycles. The number of hydrogen-bond acceptors (Lipinski definition) is 6. The fourth-order valence-corrected chi connectivity index (χ4v) is 2.74. The number of halogens is 2. The molecule has 0 saturated carbocycles. The number of aliphatic hydroxyl groups excluding tert-OH is 2. The summed E-state index contributed by atoms with van der Waals surface area (Å²) in [5, 5.41) is 29.6. The molecule has 0 amide bonds. The summed E-state index contributed by atoms with van der Waals surface area (Å²) in [6.45, 7) is 0.857. The van der Waals surface area contributed by atoms with Gasteiger partial charge in [-0.1, -0.05) is 11.6 Å². The van der Waals surface area contributed by atoms with Crippen LogP contribution in [0.2, 0.25) is 5.15 Å². The summed E-state index contributed by atoms with van der Waals surface area (Å²) in [5.74, 6) is -0.687. The quantitative estimate of drug-likeness (QED) is 0.685. The predicted octanol–water partition coefficient (Wildman–Crippen LogP) is 0.225. The van der Waals surface area contributed by atoms with Crippen molar-refractivity contribution in [2.75, 3.05) is 6.61 Å². The minimum atomic E-state index is -1.73. The van der Waals surface area contributed by atoms with Crippen LogP contribution >= 0.6 is 11.6 Å². The Morgan fingerprint density at radius 2 is 2.24 bits per heavy atom. The Kier molecular flexibility index (Phi) is 3.38. The van der Waals surface area contributed by atoms with Gasteiger partial charge in [0.15, 0.2) is 17.2 Å². The van der Waals surface area contributed by atoms with Crippen molar-refractivity contribution in [3.05, 3.63) is 23.5 Å². The molecule has 0 unspecified atom stereocenters. The molecule has 114 valence electrons. The van der Waals surface area contributed by atoms with Gasteiger partial charge in [0, 0.05) is 0 Å². The maximum Gasteiger partial charge on any atom is 0.167 e. The van der Waals surface area contributed by atoms with Crippen LogP contribution in [0.4, 0.5) is 4.39 Å². The largest absolute Gasteiger partial charge is 0.394 e. The van der Waals surface area contributed by atoms with Crippen LogP contribution in [0.1, 0.15) is 13.2 Å². The highest BCUT2D eigenvalue weighted by Crippen LogP contribution is 2.40. The van der Waals surface area contributed by atoms with Gasteiger partial charge in [-0.25, -0.2) is 14.4 Å². The van der Waals surface area contributed by atoms with Gasteiger partial charge < -0.3 is 20.1 Å². The van der Waals surface area contributed by atoms with Gasteiger partial charge in [0.05, 0.1) is 19.1 Å². The molecule has 9 heteroatoms. The minimum absolute atomic E-state index is 0.00562. The van der Waals surface area contributed by atoms with Gasteiger partial charge in [-0.2, -0.15) is 0 Å². The second-order valence-corrected chi connectivity index (χ2v) is 5.48. The first-order chi connectivity index (χ1) is 9.87. The van der Waals surface area contributed by atoms with E-state index in [4.69, 9.17) is 21.4 Å². The van der Waals surface area contributed by atoms with Crippen LogP contribution in [-0.2, 0) is 4.74 Å². The lowest BCUT2D eigenvalue weighted by atomic mass is 9.96. The average Bonchev–Trinajstić information content (AvgIpc) is 2.97. The lowest BCUT2D eigenvalue weighted by molar-refractivity contribution is -0.0950. The van der Waals surface area contributed by atoms with Crippen molar-refractivity contribution in [3.8, 4) is 0 Å². The van der Waals surface area contributed by atoms with Crippen molar-refractivity contribution < 1.29 is 24.4 Å². The Morgan fingerprint density at radius 3 is 2.86 bits per heavy atom. The number of hydrogen-bond donors (Lipinski definition) is 3. The van der Waals surface area contributed by atoms with E-state index in [1.54, 1.807) is 0 Å². The first-order valence-corrected chi connectivity index (χ1v) is 6.59. The lowest BCUT2D eigenvalue weighted by Gasteiger charge is -2.27. The van der Waals surface area contributed by atoms with Gasteiger partial charge in [-0.05, 0) is 6.92 Å². The molecule has 3 heterocycles. The summed E-state index contributed by atoms with van der Waals surface area (Å²) in [4.78, 5) is 7.61. The molecule has 2 aromatic rings. The Balaban J connectivity index is 2.15. The predicted molar refractivity (Wildman–Crippen MR) is 70.1 cm³/mol. The van der Waals surface area contributed by atoms with Gasteiger partial charge in [0.25, 0.3) is 0 Å². The van der Waals surface area contributed by atoms with Crippen molar-refractivity contribution in [2.45, 2.75) is 31.0 Å². The molecule has 0 radical (unpaired) electrons. The van der Waals surface area contributed by atoms with Crippen LogP contribution < -0.4 is 0 Å². The third-order valence-electron chi connectivity index (χ3n) is 3.69. The number of imidazole rings is 1. The van der Waals surface area contributed by atoms with Crippen molar-refractivity contribution in [3.63, 3.8) is 0 Å². The van der Waals surface area contributed by atoms with Gasteiger partial charge >= 0.3 is 0 Å². The molecule has 0 spiro atoms. The van der Waals surface area contributed by atoms with Crippen molar-refractivity contribution >= 4 is 22.6 Å². The molecule has 1 fully saturated rings. The zero-order chi connectivity index (χ0) is 15.4. The first-order valence-electron chi connectivity index (χ1n) is 6.21. The number of aliphatic hydroxyl groups is 3. The van der Waals surface area contributed by atoms with Gasteiger partial charge in [-0.3, -0.25) is 4.57 Å². The summed E-state index contributed by atoms with van der Waals surface area (Å²) in [7, 11) is 0. The molecule has 0 aliphatic carbocycles. The SMILES string of the molecule is C[C@@]1(O)[C@H](O)[C@@H](CO)O[C@H]1n1cnc2c(Cl)ncc(F)c21. The molecule has 1 saturated heterocycles. The molecule has 1 aliphatic rings. The minimum Gasteiger partial charge on any atom is -0.394 e. The second-order valence-electron chi connectivity index (χ2n) is 5.13. The van der Waals surface area contributed by atoms with E-state index in [2.05, 4.69) is 9.97 Å². The highest BCUT2D eigenvalue weighted by Gasteiger charge is 2.53. The van der Waals surface area contributed by atoms with Crippen LogP contribution in [0.15, 0.2) is 12.5 Å². The van der Waals surface area contributed by atoms with E-state index in [1.807, 2.05) is 0 Å². The van der Waals surface area contributed by atoms with E-state index in [0.29, 0.717) is 0 Å². The van der Waals surface area contributed by atoms with Crippen LogP contribution in [0.3, 0.4) is 0 Å². The molecule has 3 N–H and O–H groups in total.